The van der Waals surface area contributed by atoms with Crippen LogP contribution in [0.2, 0.25) is 0 Å². The van der Waals surface area contributed by atoms with Gasteiger partial charge in [0.25, 0.3) is 0 Å². The maximum Gasteiger partial charge on any atom is 0.178 e. The predicted molar refractivity (Wildman–Crippen MR) is 239 cm³/mol. The normalized spacial score (nSPS) is 13.0. The average molecular weight is 759 g/mol. The molecule has 11 rings (SSSR count). The van der Waals surface area contributed by atoms with E-state index in [-0.39, 0.29) is 5.41 Å². The van der Waals surface area contributed by atoms with E-state index in [1.54, 1.807) is 0 Å². The van der Waals surface area contributed by atoms with Crippen LogP contribution >= 0.6 is 0 Å². The van der Waals surface area contributed by atoms with Gasteiger partial charge in [0.05, 0.1) is 11.4 Å². The maximum absolute atomic E-state index is 6.66. The van der Waals surface area contributed by atoms with E-state index < -0.39 is 0 Å². The molecule has 0 bridgehead atoms. The Hall–Kier alpha value is -7.56. The van der Waals surface area contributed by atoms with E-state index in [0.717, 1.165) is 78.5 Å². The summed E-state index contributed by atoms with van der Waals surface area (Å²) in [4.78, 5) is 10.4. The fourth-order valence-electron chi connectivity index (χ4n) is 8.67. The zero-order chi connectivity index (χ0) is 39.5. The van der Waals surface area contributed by atoms with Gasteiger partial charge in [-0.15, -0.1) is 0 Å². The number of benzene rings is 8. The molecule has 0 saturated heterocycles. The van der Waals surface area contributed by atoms with E-state index in [0.29, 0.717) is 17.3 Å². The molecule has 1 aromatic heterocycles. The van der Waals surface area contributed by atoms with Crippen LogP contribution in [0.15, 0.2) is 194 Å². The maximum atomic E-state index is 6.66. The van der Waals surface area contributed by atoms with E-state index in [9.17, 15) is 0 Å². The first-order valence-corrected chi connectivity index (χ1v) is 20.0. The molecule has 4 heteroatoms. The van der Waals surface area contributed by atoms with Crippen LogP contribution in [0, 0.1) is 0 Å². The van der Waals surface area contributed by atoms with Crippen molar-refractivity contribution in [3.05, 3.63) is 205 Å². The molecular weight excluding hydrogens is 721 g/mol. The van der Waals surface area contributed by atoms with Crippen molar-refractivity contribution < 1.29 is 9.47 Å². The molecule has 8 aromatic carbocycles. The minimum absolute atomic E-state index is 0.115. The molecule has 0 N–H and O–H groups in total. The Morgan fingerprint density at radius 2 is 0.881 bits per heavy atom. The Morgan fingerprint density at radius 1 is 0.356 bits per heavy atom. The van der Waals surface area contributed by atoms with Gasteiger partial charge >= 0.3 is 0 Å². The molecule has 0 spiro atoms. The van der Waals surface area contributed by atoms with Crippen LogP contribution in [0.5, 0.6) is 23.0 Å². The quantitative estimate of drug-likeness (QED) is 0.169. The largest absolute Gasteiger partial charge is 0.449 e. The van der Waals surface area contributed by atoms with Crippen molar-refractivity contribution >= 4 is 0 Å². The van der Waals surface area contributed by atoms with Crippen molar-refractivity contribution in [2.75, 3.05) is 0 Å². The third-order valence-electron chi connectivity index (χ3n) is 11.8. The van der Waals surface area contributed by atoms with Crippen LogP contribution in [0.25, 0.3) is 78.4 Å². The average Bonchev–Trinajstić information content (AvgIpc) is 3.54. The molecule has 0 amide bonds. The number of nitrogens with zero attached hydrogens (tertiary/aromatic N) is 2. The molecule has 0 atom stereocenters. The third-order valence-corrected chi connectivity index (χ3v) is 11.8. The number of fused-ring (bicyclic) bond motifs is 6. The smallest absolute Gasteiger partial charge is 0.178 e. The van der Waals surface area contributed by atoms with E-state index in [1.807, 2.05) is 24.3 Å². The lowest BCUT2D eigenvalue weighted by Gasteiger charge is -2.25. The standard InChI is InChI=1S/C55H38N2O2/c1-55(2)45-22-10-9-21-44(45)52-46(55)28-30-50-53(52)59-49-29-27-41(33-51(49)58-50)37-23-25-38(26-24-37)47-34-48(42-19-11-17-39(31-42)35-13-5-3-6-14-35)57-54(56-47)43-20-12-18-40(32-43)36-15-7-4-8-16-36/h3-34H,1-2H3. The zero-order valence-electron chi connectivity index (χ0n) is 32.7. The molecule has 4 nitrogen and oxygen atoms in total. The monoisotopic (exact) mass is 758 g/mol. The van der Waals surface area contributed by atoms with Crippen LogP contribution < -0.4 is 9.47 Å². The lowest BCUT2D eigenvalue weighted by Crippen LogP contribution is -2.15. The Morgan fingerprint density at radius 3 is 1.61 bits per heavy atom. The van der Waals surface area contributed by atoms with Gasteiger partial charge in [-0.1, -0.05) is 172 Å². The summed E-state index contributed by atoms with van der Waals surface area (Å²) >= 11 is 0. The highest BCUT2D eigenvalue weighted by molar-refractivity contribution is 5.88. The summed E-state index contributed by atoms with van der Waals surface area (Å²) in [5, 5.41) is 0. The lowest BCUT2D eigenvalue weighted by atomic mass is 9.82. The fourth-order valence-corrected chi connectivity index (χ4v) is 8.67. The van der Waals surface area contributed by atoms with Crippen LogP contribution in [-0.4, -0.2) is 9.97 Å². The summed E-state index contributed by atoms with van der Waals surface area (Å²) < 4.78 is 13.2. The van der Waals surface area contributed by atoms with Crippen molar-refractivity contribution in [2.24, 2.45) is 0 Å². The number of aromatic nitrogens is 2. The van der Waals surface area contributed by atoms with Gasteiger partial charge in [-0.3, -0.25) is 0 Å². The molecule has 2 aliphatic rings. The topological polar surface area (TPSA) is 44.2 Å². The predicted octanol–water partition coefficient (Wildman–Crippen LogP) is 14.7. The fraction of sp³-hybridized carbons (Fsp3) is 0.0545. The second-order valence-electron chi connectivity index (χ2n) is 15.8. The Labute approximate surface area is 344 Å². The van der Waals surface area contributed by atoms with E-state index in [4.69, 9.17) is 19.4 Å². The summed E-state index contributed by atoms with van der Waals surface area (Å²) in [5.74, 6) is 3.60. The first-order valence-electron chi connectivity index (χ1n) is 20.0. The van der Waals surface area contributed by atoms with Gasteiger partial charge < -0.3 is 9.47 Å². The van der Waals surface area contributed by atoms with Crippen LogP contribution in [0.4, 0.5) is 0 Å². The molecule has 9 aromatic rings. The second-order valence-corrected chi connectivity index (χ2v) is 15.8. The Kier molecular flexibility index (Phi) is 8.12. The first-order chi connectivity index (χ1) is 29.0. The van der Waals surface area contributed by atoms with Gasteiger partial charge in [0.2, 0.25) is 0 Å². The molecule has 0 fully saturated rings. The van der Waals surface area contributed by atoms with Gasteiger partial charge in [0, 0.05) is 27.7 Å². The van der Waals surface area contributed by atoms with Crippen LogP contribution in [-0.2, 0) is 5.41 Å². The Balaban J connectivity index is 0.940. The summed E-state index contributed by atoms with van der Waals surface area (Å²) in [6, 6.07) is 67.6. The molecule has 0 saturated carbocycles. The number of rotatable bonds is 6. The molecule has 280 valence electrons. The van der Waals surface area contributed by atoms with Gasteiger partial charge in [0.15, 0.2) is 28.8 Å². The van der Waals surface area contributed by atoms with Gasteiger partial charge in [-0.05, 0) is 86.5 Å². The zero-order valence-corrected chi connectivity index (χ0v) is 32.7. The first kappa shape index (κ1) is 34.7. The number of ether oxygens (including phenoxy) is 2. The summed E-state index contributed by atoms with van der Waals surface area (Å²) in [6.45, 7) is 4.55. The minimum atomic E-state index is -0.115. The number of hydrogen-bond donors (Lipinski definition) is 0. The SMILES string of the molecule is CC1(C)c2ccccc2-c2c1ccc1c2Oc2ccc(-c3ccc(-c4cc(-c5cccc(-c6ccccc6)c5)nc(-c5cccc(-c6ccccc6)c5)n4)cc3)cc2O1. The van der Waals surface area contributed by atoms with E-state index >= 15 is 0 Å². The van der Waals surface area contributed by atoms with Crippen LogP contribution in [0.3, 0.4) is 0 Å². The summed E-state index contributed by atoms with van der Waals surface area (Å²) in [6.07, 6.45) is 0. The third kappa shape index (κ3) is 6.09. The van der Waals surface area contributed by atoms with Crippen LogP contribution in [0.1, 0.15) is 25.0 Å². The molecule has 1 aliphatic heterocycles. The summed E-state index contributed by atoms with van der Waals surface area (Å²) in [7, 11) is 0. The molecule has 2 heterocycles. The van der Waals surface area contributed by atoms with Crippen molar-refractivity contribution in [3.8, 4) is 101 Å². The van der Waals surface area contributed by atoms with E-state index in [2.05, 4.69) is 184 Å². The van der Waals surface area contributed by atoms with Crippen molar-refractivity contribution in [1.82, 2.24) is 9.97 Å². The molecule has 0 unspecified atom stereocenters. The van der Waals surface area contributed by atoms with Crippen molar-refractivity contribution in [1.29, 1.82) is 0 Å². The van der Waals surface area contributed by atoms with Gasteiger partial charge in [-0.25, -0.2) is 9.97 Å². The molecular formula is C55H38N2O2. The molecule has 1 aliphatic carbocycles. The second kappa shape index (κ2) is 13.8. The highest BCUT2D eigenvalue weighted by Crippen LogP contribution is 2.58. The summed E-state index contributed by atoms with van der Waals surface area (Å²) in [5.41, 5.74) is 16.2. The highest BCUT2D eigenvalue weighted by Gasteiger charge is 2.39. The van der Waals surface area contributed by atoms with Gasteiger partial charge in [-0.2, -0.15) is 0 Å². The molecule has 59 heavy (non-hydrogen) atoms. The highest BCUT2D eigenvalue weighted by atomic mass is 16.6. The number of hydrogen-bond acceptors (Lipinski definition) is 4. The Bertz CT molecular complexity index is 2960. The van der Waals surface area contributed by atoms with Crippen molar-refractivity contribution in [2.45, 2.75) is 19.3 Å². The van der Waals surface area contributed by atoms with Gasteiger partial charge in [0.1, 0.15) is 0 Å². The lowest BCUT2D eigenvalue weighted by molar-refractivity contribution is 0.360. The van der Waals surface area contributed by atoms with Crippen molar-refractivity contribution in [3.63, 3.8) is 0 Å². The van der Waals surface area contributed by atoms with E-state index in [1.165, 1.54) is 16.7 Å². The minimum Gasteiger partial charge on any atom is -0.449 e. The molecule has 0 radical (unpaired) electrons.